The number of halogens is 1. The predicted octanol–water partition coefficient (Wildman–Crippen LogP) is 2.43. The molecule has 1 aliphatic heterocycles. The van der Waals surface area contributed by atoms with Crippen LogP contribution in [-0.2, 0) is 4.79 Å². The van der Waals surface area contributed by atoms with Crippen LogP contribution < -0.4 is 10.2 Å². The summed E-state index contributed by atoms with van der Waals surface area (Å²) in [5.41, 5.74) is 0.615. The Labute approximate surface area is 138 Å². The van der Waals surface area contributed by atoms with Gasteiger partial charge in [-0.3, -0.25) is 9.69 Å². The molecule has 1 atom stereocenters. The quantitative estimate of drug-likeness (QED) is 0.933. The molecule has 1 aromatic carbocycles. The van der Waals surface area contributed by atoms with Gasteiger partial charge >= 0.3 is 0 Å². The summed E-state index contributed by atoms with van der Waals surface area (Å²) in [6, 6.07) is 5.60. The summed E-state index contributed by atoms with van der Waals surface area (Å²) in [6.07, 6.45) is 1.81. The van der Waals surface area contributed by atoms with E-state index in [1.165, 1.54) is 12.1 Å². The predicted molar refractivity (Wildman–Crippen MR) is 90.4 cm³/mol. The fourth-order valence-electron chi connectivity index (χ4n) is 2.62. The van der Waals surface area contributed by atoms with Gasteiger partial charge in [-0.15, -0.1) is 11.3 Å². The molecule has 2 heterocycles. The second-order valence-corrected chi connectivity index (χ2v) is 6.38. The fraction of sp³-hybridized carbons (Fsp3) is 0.375. The van der Waals surface area contributed by atoms with Crippen molar-refractivity contribution >= 4 is 28.1 Å². The number of nitrogens with one attached hydrogen (secondary N) is 1. The highest BCUT2D eigenvalue weighted by Gasteiger charge is 2.26. The van der Waals surface area contributed by atoms with E-state index >= 15 is 0 Å². The first kappa shape index (κ1) is 15.9. The van der Waals surface area contributed by atoms with Crippen LogP contribution >= 0.6 is 11.3 Å². The molecule has 1 aromatic heterocycles. The first-order valence-corrected chi connectivity index (χ1v) is 8.46. The van der Waals surface area contributed by atoms with Gasteiger partial charge in [0, 0.05) is 43.4 Å². The average Bonchev–Trinajstić information content (AvgIpc) is 3.11. The van der Waals surface area contributed by atoms with E-state index in [1.54, 1.807) is 23.5 Å². The van der Waals surface area contributed by atoms with Crippen molar-refractivity contribution in [3.8, 4) is 0 Å². The number of thiazole rings is 1. The molecule has 1 amide bonds. The van der Waals surface area contributed by atoms with E-state index in [1.807, 2.05) is 18.5 Å². The second-order valence-electron chi connectivity index (χ2n) is 5.51. The zero-order chi connectivity index (χ0) is 16.2. The summed E-state index contributed by atoms with van der Waals surface area (Å²) >= 11 is 1.63. The van der Waals surface area contributed by atoms with Gasteiger partial charge in [0.15, 0.2) is 5.13 Å². The molecule has 23 heavy (non-hydrogen) atoms. The van der Waals surface area contributed by atoms with Crippen LogP contribution in [0.25, 0.3) is 0 Å². The van der Waals surface area contributed by atoms with Crippen LogP contribution in [0, 0.1) is 5.82 Å². The van der Waals surface area contributed by atoms with Gasteiger partial charge in [0.05, 0.1) is 6.04 Å². The molecule has 0 spiro atoms. The molecule has 122 valence electrons. The van der Waals surface area contributed by atoms with Crippen molar-refractivity contribution in [1.29, 1.82) is 0 Å². The third-order valence-electron chi connectivity index (χ3n) is 4.04. The molecule has 7 heteroatoms. The topological polar surface area (TPSA) is 48.5 Å². The van der Waals surface area contributed by atoms with Gasteiger partial charge in [-0.25, -0.2) is 9.37 Å². The van der Waals surface area contributed by atoms with E-state index in [9.17, 15) is 9.18 Å². The Hall–Kier alpha value is -1.99. The monoisotopic (exact) mass is 334 g/mol. The molecule has 2 aromatic rings. The Kier molecular flexibility index (Phi) is 4.88. The van der Waals surface area contributed by atoms with Crippen molar-refractivity contribution in [2.75, 3.05) is 36.4 Å². The molecule has 0 bridgehead atoms. The van der Waals surface area contributed by atoms with Crippen LogP contribution in [0.4, 0.5) is 15.2 Å². The van der Waals surface area contributed by atoms with Gasteiger partial charge in [-0.05, 0) is 31.2 Å². The van der Waals surface area contributed by atoms with Crippen molar-refractivity contribution in [3.63, 3.8) is 0 Å². The number of anilines is 2. The highest BCUT2D eigenvalue weighted by Crippen LogP contribution is 2.20. The molecule has 1 unspecified atom stereocenters. The fourth-order valence-corrected chi connectivity index (χ4v) is 3.32. The number of carbonyl (C=O) groups excluding carboxylic acids is 1. The number of aromatic nitrogens is 1. The number of nitrogens with zero attached hydrogens (tertiary/aromatic N) is 3. The van der Waals surface area contributed by atoms with Gasteiger partial charge in [0.2, 0.25) is 5.91 Å². The third-order valence-corrected chi connectivity index (χ3v) is 4.88. The van der Waals surface area contributed by atoms with Gasteiger partial charge < -0.3 is 10.2 Å². The first-order chi connectivity index (χ1) is 11.1. The smallest absolute Gasteiger partial charge is 0.241 e. The second kappa shape index (κ2) is 7.06. The van der Waals surface area contributed by atoms with Gasteiger partial charge in [0.25, 0.3) is 0 Å². The molecule has 1 N–H and O–H groups in total. The van der Waals surface area contributed by atoms with E-state index in [2.05, 4.69) is 20.1 Å². The lowest BCUT2D eigenvalue weighted by Gasteiger charge is -2.37. The van der Waals surface area contributed by atoms with Crippen molar-refractivity contribution < 1.29 is 9.18 Å². The van der Waals surface area contributed by atoms with Crippen molar-refractivity contribution in [1.82, 2.24) is 9.88 Å². The molecule has 1 fully saturated rings. The lowest BCUT2D eigenvalue weighted by molar-refractivity contribution is -0.120. The normalized spacial score (nSPS) is 17.0. The maximum atomic E-state index is 12.9. The molecular formula is C16H19FN4OS. The van der Waals surface area contributed by atoms with Crippen molar-refractivity contribution in [2.45, 2.75) is 13.0 Å². The van der Waals surface area contributed by atoms with Crippen LogP contribution in [0.2, 0.25) is 0 Å². The maximum absolute atomic E-state index is 12.9. The minimum atomic E-state index is -0.311. The Morgan fingerprint density at radius 2 is 1.96 bits per heavy atom. The molecule has 5 nitrogen and oxygen atoms in total. The van der Waals surface area contributed by atoms with Gasteiger partial charge in [-0.1, -0.05) is 0 Å². The highest BCUT2D eigenvalue weighted by atomic mass is 32.1. The number of carbonyl (C=O) groups is 1. The van der Waals surface area contributed by atoms with Crippen LogP contribution in [0.5, 0.6) is 0 Å². The van der Waals surface area contributed by atoms with E-state index in [0.717, 1.165) is 31.3 Å². The number of amides is 1. The Morgan fingerprint density at radius 1 is 1.26 bits per heavy atom. The summed E-state index contributed by atoms with van der Waals surface area (Å²) in [5, 5.41) is 5.84. The SMILES string of the molecule is CC(C(=O)Nc1ccc(F)cc1)N1CCN(c2nccs2)CC1. The Morgan fingerprint density at radius 3 is 2.57 bits per heavy atom. The van der Waals surface area contributed by atoms with Crippen LogP contribution in [0.1, 0.15) is 6.92 Å². The average molecular weight is 334 g/mol. The number of benzene rings is 1. The lowest BCUT2D eigenvalue weighted by Crippen LogP contribution is -2.52. The minimum Gasteiger partial charge on any atom is -0.346 e. The summed E-state index contributed by atoms with van der Waals surface area (Å²) in [4.78, 5) is 21.1. The number of hydrogen-bond donors (Lipinski definition) is 1. The third kappa shape index (κ3) is 3.86. The zero-order valence-corrected chi connectivity index (χ0v) is 13.7. The van der Waals surface area contributed by atoms with Crippen LogP contribution in [0.15, 0.2) is 35.8 Å². The maximum Gasteiger partial charge on any atom is 0.241 e. The molecule has 1 aliphatic rings. The standard InChI is InChI=1S/C16H19FN4OS/c1-12(15(22)19-14-4-2-13(17)3-5-14)20-7-9-21(10-8-20)16-18-6-11-23-16/h2-6,11-12H,7-10H2,1H3,(H,19,22). The van der Waals surface area contributed by atoms with Crippen molar-refractivity contribution in [2.24, 2.45) is 0 Å². The van der Waals surface area contributed by atoms with E-state index in [-0.39, 0.29) is 17.8 Å². The van der Waals surface area contributed by atoms with E-state index in [0.29, 0.717) is 5.69 Å². The Balaban J connectivity index is 1.53. The molecule has 3 rings (SSSR count). The summed E-state index contributed by atoms with van der Waals surface area (Å²) in [7, 11) is 0. The number of rotatable bonds is 4. The summed E-state index contributed by atoms with van der Waals surface area (Å²) < 4.78 is 12.9. The van der Waals surface area contributed by atoms with Crippen LogP contribution in [0.3, 0.4) is 0 Å². The molecule has 0 aliphatic carbocycles. The zero-order valence-electron chi connectivity index (χ0n) is 12.9. The highest BCUT2D eigenvalue weighted by molar-refractivity contribution is 7.13. The van der Waals surface area contributed by atoms with E-state index in [4.69, 9.17) is 0 Å². The summed E-state index contributed by atoms with van der Waals surface area (Å²) in [6.45, 7) is 5.26. The van der Waals surface area contributed by atoms with Gasteiger partial charge in [-0.2, -0.15) is 0 Å². The molecule has 0 radical (unpaired) electrons. The van der Waals surface area contributed by atoms with Crippen molar-refractivity contribution in [3.05, 3.63) is 41.7 Å². The largest absolute Gasteiger partial charge is 0.346 e. The van der Waals surface area contributed by atoms with E-state index < -0.39 is 0 Å². The van der Waals surface area contributed by atoms with Gasteiger partial charge in [0.1, 0.15) is 5.82 Å². The molecular weight excluding hydrogens is 315 g/mol. The van der Waals surface area contributed by atoms with Crippen LogP contribution in [-0.4, -0.2) is 48.0 Å². The first-order valence-electron chi connectivity index (χ1n) is 7.58. The number of hydrogen-bond acceptors (Lipinski definition) is 5. The summed E-state index contributed by atoms with van der Waals surface area (Å²) in [5.74, 6) is -0.381. The lowest BCUT2D eigenvalue weighted by atomic mass is 10.2. The minimum absolute atomic E-state index is 0.0701. The molecule has 1 saturated heterocycles. The molecule has 0 saturated carbocycles. The number of piperazine rings is 1. The Bertz CT molecular complexity index is 639.